The number of halogens is 1. The maximum Gasteiger partial charge on any atom is 0.257 e. The smallest absolute Gasteiger partial charge is 0.257 e. The van der Waals surface area contributed by atoms with Gasteiger partial charge in [-0.15, -0.1) is 0 Å². The number of rotatable bonds is 4. The minimum absolute atomic E-state index is 0.0868. The molecule has 0 radical (unpaired) electrons. The van der Waals surface area contributed by atoms with Gasteiger partial charge in [0.1, 0.15) is 5.82 Å². The normalized spacial score (nSPS) is 17.1. The Morgan fingerprint density at radius 1 is 1.15 bits per heavy atom. The molecule has 1 aliphatic heterocycles. The Kier molecular flexibility index (Phi) is 4.24. The van der Waals surface area contributed by atoms with E-state index in [1.807, 2.05) is 36.1 Å². The predicted molar refractivity (Wildman–Crippen MR) is 93.6 cm³/mol. The highest BCUT2D eigenvalue weighted by atomic mass is 19.1. The van der Waals surface area contributed by atoms with Crippen molar-refractivity contribution < 1.29 is 13.7 Å². The Bertz CT molecular complexity index is 919. The highest BCUT2D eigenvalue weighted by Gasteiger charge is 2.33. The number of carbonyl (C=O) groups excluding carboxylic acids is 1. The first-order chi connectivity index (χ1) is 12.6. The van der Waals surface area contributed by atoms with Gasteiger partial charge in [-0.2, -0.15) is 4.98 Å². The largest absolute Gasteiger partial charge is 0.338 e. The fraction of sp³-hybridized carbons (Fsp3) is 0.250. The number of hydrogen-bond donors (Lipinski definition) is 0. The van der Waals surface area contributed by atoms with Crippen LogP contribution in [0.4, 0.5) is 4.39 Å². The summed E-state index contributed by atoms with van der Waals surface area (Å²) in [5.41, 5.74) is 2.95. The summed E-state index contributed by atoms with van der Waals surface area (Å²) < 4.78 is 18.3. The number of likely N-dealkylation sites (tertiary alicyclic amines) is 1. The van der Waals surface area contributed by atoms with E-state index in [0.29, 0.717) is 36.8 Å². The first-order valence-electron chi connectivity index (χ1n) is 8.51. The minimum Gasteiger partial charge on any atom is -0.338 e. The van der Waals surface area contributed by atoms with Gasteiger partial charge in [-0.25, -0.2) is 4.39 Å². The second-order valence-corrected chi connectivity index (χ2v) is 6.63. The van der Waals surface area contributed by atoms with Crippen LogP contribution in [0.25, 0.3) is 11.5 Å². The zero-order valence-electron chi connectivity index (χ0n) is 14.4. The Morgan fingerprint density at radius 3 is 2.62 bits per heavy atom. The maximum atomic E-state index is 13.0. The van der Waals surface area contributed by atoms with Crippen LogP contribution in [0.2, 0.25) is 0 Å². The average molecular weight is 351 g/mol. The molecule has 1 amide bonds. The first kappa shape index (κ1) is 16.4. The summed E-state index contributed by atoms with van der Waals surface area (Å²) in [5, 5.41) is 4.03. The van der Waals surface area contributed by atoms with Gasteiger partial charge in [-0.1, -0.05) is 35.0 Å². The number of nitrogens with zero attached hydrogens (tertiary/aromatic N) is 3. The molecule has 0 saturated carbocycles. The number of amides is 1. The minimum atomic E-state index is -0.318. The molecule has 3 aromatic rings. The van der Waals surface area contributed by atoms with Crippen LogP contribution in [0.5, 0.6) is 0 Å². The van der Waals surface area contributed by atoms with Gasteiger partial charge in [0.25, 0.3) is 5.89 Å². The summed E-state index contributed by atoms with van der Waals surface area (Å²) in [7, 11) is 0. The van der Waals surface area contributed by atoms with Crippen molar-refractivity contribution in [1.82, 2.24) is 15.0 Å². The number of aryl methyl sites for hydroxylation is 1. The molecule has 6 heteroatoms. The summed E-state index contributed by atoms with van der Waals surface area (Å²) in [6.07, 6.45) is 0.369. The Labute approximate surface area is 150 Å². The van der Waals surface area contributed by atoms with E-state index in [1.54, 1.807) is 12.1 Å². The molecule has 0 bridgehead atoms. The van der Waals surface area contributed by atoms with Crippen molar-refractivity contribution >= 4 is 5.91 Å². The van der Waals surface area contributed by atoms with E-state index in [9.17, 15) is 9.18 Å². The molecular formula is C20H18FN3O2. The van der Waals surface area contributed by atoms with Gasteiger partial charge in [-0.05, 0) is 36.8 Å². The van der Waals surface area contributed by atoms with Crippen LogP contribution in [0, 0.1) is 12.7 Å². The lowest BCUT2D eigenvalue weighted by atomic mass is 10.1. The van der Waals surface area contributed by atoms with Crippen molar-refractivity contribution in [3.8, 4) is 11.5 Å². The molecule has 1 aromatic heterocycles. The van der Waals surface area contributed by atoms with Gasteiger partial charge in [0.05, 0.1) is 0 Å². The molecule has 4 rings (SSSR count). The van der Waals surface area contributed by atoms with Crippen molar-refractivity contribution in [2.24, 2.45) is 0 Å². The molecule has 5 nitrogen and oxygen atoms in total. The van der Waals surface area contributed by atoms with Gasteiger partial charge in [-0.3, -0.25) is 4.79 Å². The zero-order valence-corrected chi connectivity index (χ0v) is 14.4. The van der Waals surface area contributed by atoms with Crippen LogP contribution < -0.4 is 0 Å². The van der Waals surface area contributed by atoms with Crippen molar-refractivity contribution in [3.05, 3.63) is 71.3 Å². The van der Waals surface area contributed by atoms with Crippen molar-refractivity contribution in [3.63, 3.8) is 0 Å². The molecule has 2 heterocycles. The Morgan fingerprint density at radius 2 is 1.88 bits per heavy atom. The molecule has 1 fully saturated rings. The molecule has 0 spiro atoms. The summed E-state index contributed by atoms with van der Waals surface area (Å²) >= 11 is 0. The van der Waals surface area contributed by atoms with Crippen LogP contribution in [-0.4, -0.2) is 27.5 Å². The average Bonchev–Trinajstić information content (AvgIpc) is 3.25. The van der Waals surface area contributed by atoms with Crippen LogP contribution in [0.15, 0.2) is 53.1 Å². The van der Waals surface area contributed by atoms with E-state index in [0.717, 1.165) is 5.56 Å². The summed E-state index contributed by atoms with van der Waals surface area (Å²) in [4.78, 5) is 18.6. The van der Waals surface area contributed by atoms with Gasteiger partial charge in [0.2, 0.25) is 5.91 Å². The Hall–Kier alpha value is -3.02. The second-order valence-electron chi connectivity index (χ2n) is 6.63. The van der Waals surface area contributed by atoms with Crippen molar-refractivity contribution in [2.45, 2.75) is 25.8 Å². The highest BCUT2D eigenvalue weighted by Crippen LogP contribution is 2.29. The van der Waals surface area contributed by atoms with E-state index in [4.69, 9.17) is 4.52 Å². The topological polar surface area (TPSA) is 59.2 Å². The van der Waals surface area contributed by atoms with Crippen molar-refractivity contribution in [2.75, 3.05) is 6.54 Å². The third-order valence-electron chi connectivity index (χ3n) is 4.61. The zero-order chi connectivity index (χ0) is 18.1. The molecular weight excluding hydrogens is 333 g/mol. The van der Waals surface area contributed by atoms with Crippen LogP contribution >= 0.6 is 0 Å². The molecule has 1 atom stereocenters. The van der Waals surface area contributed by atoms with Gasteiger partial charge in [0.15, 0.2) is 5.82 Å². The number of carbonyl (C=O) groups is 1. The van der Waals surface area contributed by atoms with E-state index in [2.05, 4.69) is 10.1 Å². The quantitative estimate of drug-likeness (QED) is 0.719. The standard InChI is InChI=1S/C20H18FN3O2/c1-13-2-4-14(5-3-13)11-24-12-16(10-18(24)25)19-22-20(26-23-19)15-6-8-17(21)9-7-15/h2-9,16H,10-12H2,1H3. The van der Waals surface area contributed by atoms with Crippen LogP contribution in [-0.2, 0) is 11.3 Å². The third kappa shape index (κ3) is 3.35. The molecule has 1 unspecified atom stereocenters. The van der Waals surface area contributed by atoms with E-state index in [1.165, 1.54) is 17.7 Å². The fourth-order valence-electron chi connectivity index (χ4n) is 3.12. The molecule has 0 aliphatic carbocycles. The lowest BCUT2D eigenvalue weighted by molar-refractivity contribution is -0.128. The third-order valence-corrected chi connectivity index (χ3v) is 4.61. The molecule has 2 aromatic carbocycles. The molecule has 0 N–H and O–H groups in total. The van der Waals surface area contributed by atoms with Gasteiger partial charge < -0.3 is 9.42 Å². The lowest BCUT2D eigenvalue weighted by Gasteiger charge is -2.16. The number of hydrogen-bond acceptors (Lipinski definition) is 4. The molecule has 1 aliphatic rings. The summed E-state index contributed by atoms with van der Waals surface area (Å²) in [6, 6.07) is 14.0. The molecule has 132 valence electrons. The van der Waals surface area contributed by atoms with E-state index in [-0.39, 0.29) is 17.6 Å². The molecule has 26 heavy (non-hydrogen) atoms. The number of aromatic nitrogens is 2. The van der Waals surface area contributed by atoms with Crippen LogP contribution in [0.3, 0.4) is 0 Å². The maximum absolute atomic E-state index is 13.0. The highest BCUT2D eigenvalue weighted by molar-refractivity contribution is 5.79. The lowest BCUT2D eigenvalue weighted by Crippen LogP contribution is -2.24. The first-order valence-corrected chi connectivity index (χ1v) is 8.51. The molecule has 1 saturated heterocycles. The predicted octanol–water partition coefficient (Wildman–Crippen LogP) is 3.70. The van der Waals surface area contributed by atoms with E-state index < -0.39 is 0 Å². The van der Waals surface area contributed by atoms with Crippen LogP contribution in [0.1, 0.15) is 29.3 Å². The monoisotopic (exact) mass is 351 g/mol. The Balaban J connectivity index is 1.47. The van der Waals surface area contributed by atoms with E-state index >= 15 is 0 Å². The summed E-state index contributed by atoms with van der Waals surface area (Å²) in [6.45, 7) is 3.18. The van der Waals surface area contributed by atoms with Crippen molar-refractivity contribution in [1.29, 1.82) is 0 Å². The second kappa shape index (κ2) is 6.71. The van der Waals surface area contributed by atoms with Gasteiger partial charge in [0, 0.05) is 31.0 Å². The number of benzene rings is 2. The fourth-order valence-corrected chi connectivity index (χ4v) is 3.12. The SMILES string of the molecule is Cc1ccc(CN2CC(c3noc(-c4ccc(F)cc4)n3)CC2=O)cc1. The summed E-state index contributed by atoms with van der Waals surface area (Å²) in [5.74, 6) is 0.532. The van der Waals surface area contributed by atoms with Gasteiger partial charge >= 0.3 is 0 Å².